The summed E-state index contributed by atoms with van der Waals surface area (Å²) in [7, 11) is 0. The van der Waals surface area contributed by atoms with E-state index in [9.17, 15) is 0 Å². The molecule has 1 unspecified atom stereocenters. The van der Waals surface area contributed by atoms with Crippen LogP contribution in [0.1, 0.15) is 18.2 Å². The Morgan fingerprint density at radius 3 is 3.08 bits per heavy atom. The van der Waals surface area contributed by atoms with Crippen LogP contribution in [-0.2, 0) is 4.84 Å². The predicted molar refractivity (Wildman–Crippen MR) is 47.8 cm³/mol. The molecular formula is C9H14N2O2. The van der Waals surface area contributed by atoms with Crippen molar-refractivity contribution in [3.05, 3.63) is 24.2 Å². The van der Waals surface area contributed by atoms with Crippen LogP contribution in [0.25, 0.3) is 0 Å². The summed E-state index contributed by atoms with van der Waals surface area (Å²) in [6.07, 6.45) is 2.73. The summed E-state index contributed by atoms with van der Waals surface area (Å²) in [5.74, 6) is 0.879. The van der Waals surface area contributed by atoms with Crippen LogP contribution in [-0.4, -0.2) is 24.8 Å². The van der Waals surface area contributed by atoms with Crippen molar-refractivity contribution in [1.29, 1.82) is 0 Å². The molecule has 0 bridgehead atoms. The van der Waals surface area contributed by atoms with Gasteiger partial charge in [0.05, 0.1) is 12.9 Å². The molecule has 0 aliphatic carbocycles. The Bertz CT molecular complexity index is 242. The largest absolute Gasteiger partial charge is 0.468 e. The van der Waals surface area contributed by atoms with Crippen LogP contribution in [0.3, 0.4) is 0 Å². The van der Waals surface area contributed by atoms with Crippen molar-refractivity contribution in [1.82, 2.24) is 5.06 Å². The van der Waals surface area contributed by atoms with Gasteiger partial charge in [0.25, 0.3) is 0 Å². The maximum Gasteiger partial charge on any atom is 0.124 e. The number of hydrogen-bond donors (Lipinski definition) is 1. The Kier molecular flexibility index (Phi) is 2.63. The fourth-order valence-electron chi connectivity index (χ4n) is 1.57. The summed E-state index contributed by atoms with van der Waals surface area (Å²) < 4.78 is 5.30. The second kappa shape index (κ2) is 3.91. The van der Waals surface area contributed by atoms with Crippen LogP contribution in [0.5, 0.6) is 0 Å². The van der Waals surface area contributed by atoms with Gasteiger partial charge >= 0.3 is 0 Å². The molecule has 1 aromatic rings. The summed E-state index contributed by atoms with van der Waals surface area (Å²) in [4.78, 5) is 5.42. The van der Waals surface area contributed by atoms with Gasteiger partial charge in [0.1, 0.15) is 11.8 Å². The minimum absolute atomic E-state index is 0.0671. The highest BCUT2D eigenvalue weighted by Crippen LogP contribution is 2.23. The van der Waals surface area contributed by atoms with Crippen molar-refractivity contribution < 1.29 is 9.25 Å². The molecule has 0 amide bonds. The van der Waals surface area contributed by atoms with Gasteiger partial charge in [-0.05, 0) is 18.6 Å². The van der Waals surface area contributed by atoms with E-state index in [1.807, 2.05) is 17.2 Å². The van der Waals surface area contributed by atoms with Gasteiger partial charge in [-0.3, -0.25) is 4.84 Å². The van der Waals surface area contributed by atoms with E-state index in [2.05, 4.69) is 0 Å². The summed E-state index contributed by atoms with van der Waals surface area (Å²) in [6.45, 7) is 2.24. The molecule has 0 saturated carbocycles. The van der Waals surface area contributed by atoms with Crippen molar-refractivity contribution in [2.24, 2.45) is 5.73 Å². The van der Waals surface area contributed by atoms with Crippen molar-refractivity contribution in [3.8, 4) is 0 Å². The van der Waals surface area contributed by atoms with E-state index < -0.39 is 0 Å². The molecule has 0 spiro atoms. The van der Waals surface area contributed by atoms with Gasteiger partial charge < -0.3 is 10.2 Å². The summed E-state index contributed by atoms with van der Waals surface area (Å²) in [6, 6.07) is 3.87. The van der Waals surface area contributed by atoms with Crippen LogP contribution >= 0.6 is 0 Å². The minimum Gasteiger partial charge on any atom is -0.468 e. The SMILES string of the molecule is NCC(c1ccco1)N1CCCO1. The van der Waals surface area contributed by atoms with Crippen molar-refractivity contribution >= 4 is 0 Å². The van der Waals surface area contributed by atoms with Crippen molar-refractivity contribution in [2.75, 3.05) is 19.7 Å². The molecule has 2 rings (SSSR count). The second-order valence-electron chi connectivity index (χ2n) is 3.09. The summed E-state index contributed by atoms with van der Waals surface area (Å²) >= 11 is 0. The van der Waals surface area contributed by atoms with Gasteiger partial charge in [0.2, 0.25) is 0 Å². The molecule has 72 valence electrons. The molecule has 1 saturated heterocycles. The van der Waals surface area contributed by atoms with Gasteiger partial charge in [-0.15, -0.1) is 0 Å². The van der Waals surface area contributed by atoms with E-state index in [4.69, 9.17) is 15.0 Å². The third-order valence-electron chi connectivity index (χ3n) is 2.22. The lowest BCUT2D eigenvalue weighted by Crippen LogP contribution is -2.30. The number of nitrogens with zero attached hydrogens (tertiary/aromatic N) is 1. The predicted octanol–water partition coefficient (Wildman–Crippen LogP) is 0.917. The third-order valence-corrected chi connectivity index (χ3v) is 2.22. The second-order valence-corrected chi connectivity index (χ2v) is 3.09. The maximum atomic E-state index is 5.66. The van der Waals surface area contributed by atoms with Crippen LogP contribution < -0.4 is 5.73 Å². The third kappa shape index (κ3) is 1.75. The summed E-state index contributed by atoms with van der Waals surface area (Å²) in [5.41, 5.74) is 5.66. The number of hydroxylamine groups is 2. The molecule has 13 heavy (non-hydrogen) atoms. The Balaban J connectivity index is 2.08. The van der Waals surface area contributed by atoms with Gasteiger partial charge in [0, 0.05) is 13.1 Å². The first kappa shape index (κ1) is 8.74. The highest BCUT2D eigenvalue weighted by atomic mass is 16.7. The van der Waals surface area contributed by atoms with E-state index >= 15 is 0 Å². The van der Waals surface area contributed by atoms with Crippen molar-refractivity contribution in [2.45, 2.75) is 12.5 Å². The molecule has 0 aromatic carbocycles. The molecule has 1 aromatic heterocycles. The van der Waals surface area contributed by atoms with Crippen LogP contribution in [0, 0.1) is 0 Å². The molecule has 0 radical (unpaired) electrons. The lowest BCUT2D eigenvalue weighted by Gasteiger charge is -2.22. The number of hydrogen-bond acceptors (Lipinski definition) is 4. The number of furan rings is 1. The standard InChI is InChI=1S/C9H14N2O2/c10-7-8(9-3-1-5-12-9)11-4-2-6-13-11/h1,3,5,8H,2,4,6-7,10H2. The zero-order valence-electron chi connectivity index (χ0n) is 7.48. The molecule has 1 fully saturated rings. The van der Waals surface area contributed by atoms with E-state index in [-0.39, 0.29) is 6.04 Å². The Morgan fingerprint density at radius 1 is 1.62 bits per heavy atom. The van der Waals surface area contributed by atoms with E-state index in [1.54, 1.807) is 6.26 Å². The molecule has 2 N–H and O–H groups in total. The van der Waals surface area contributed by atoms with E-state index in [0.717, 1.165) is 25.3 Å². The van der Waals surface area contributed by atoms with Gasteiger partial charge in [-0.25, -0.2) is 0 Å². The highest BCUT2D eigenvalue weighted by molar-refractivity contribution is 5.04. The van der Waals surface area contributed by atoms with Gasteiger partial charge in [-0.1, -0.05) is 0 Å². The quantitative estimate of drug-likeness (QED) is 0.755. The zero-order valence-corrected chi connectivity index (χ0v) is 7.48. The number of nitrogens with two attached hydrogens (primary N) is 1. The maximum absolute atomic E-state index is 5.66. The molecule has 4 heteroatoms. The fraction of sp³-hybridized carbons (Fsp3) is 0.556. The molecule has 4 nitrogen and oxygen atoms in total. The van der Waals surface area contributed by atoms with Crippen LogP contribution in [0.4, 0.5) is 0 Å². The average Bonchev–Trinajstić information content (AvgIpc) is 2.76. The zero-order chi connectivity index (χ0) is 9.10. The first-order chi connectivity index (χ1) is 6.42. The van der Waals surface area contributed by atoms with Crippen LogP contribution in [0.2, 0.25) is 0 Å². The monoisotopic (exact) mass is 182 g/mol. The molecular weight excluding hydrogens is 168 g/mol. The average molecular weight is 182 g/mol. The Labute approximate surface area is 77.2 Å². The topological polar surface area (TPSA) is 51.6 Å². The number of rotatable bonds is 3. The molecule has 2 heterocycles. The first-order valence-corrected chi connectivity index (χ1v) is 4.55. The van der Waals surface area contributed by atoms with Gasteiger partial charge in [-0.2, -0.15) is 5.06 Å². The van der Waals surface area contributed by atoms with E-state index in [1.165, 1.54) is 0 Å². The normalized spacial score (nSPS) is 20.7. The van der Waals surface area contributed by atoms with Crippen molar-refractivity contribution in [3.63, 3.8) is 0 Å². The molecule has 1 aliphatic heterocycles. The first-order valence-electron chi connectivity index (χ1n) is 4.55. The Morgan fingerprint density at radius 2 is 2.54 bits per heavy atom. The Hall–Kier alpha value is -0.840. The molecule has 1 aliphatic rings. The minimum atomic E-state index is 0.0671. The van der Waals surface area contributed by atoms with Gasteiger partial charge in [0.15, 0.2) is 0 Å². The summed E-state index contributed by atoms with van der Waals surface area (Å²) in [5, 5.41) is 1.90. The highest BCUT2D eigenvalue weighted by Gasteiger charge is 2.25. The van der Waals surface area contributed by atoms with Crippen LogP contribution in [0.15, 0.2) is 22.8 Å². The lowest BCUT2D eigenvalue weighted by molar-refractivity contribution is -0.144. The molecule has 1 atom stereocenters. The fourth-order valence-corrected chi connectivity index (χ4v) is 1.57. The smallest absolute Gasteiger partial charge is 0.124 e. The van der Waals surface area contributed by atoms with E-state index in [0.29, 0.717) is 6.54 Å². The lowest BCUT2D eigenvalue weighted by atomic mass is 10.2.